The van der Waals surface area contributed by atoms with Gasteiger partial charge in [-0.05, 0) is 18.6 Å². The summed E-state index contributed by atoms with van der Waals surface area (Å²) >= 11 is 0. The number of pyridine rings is 1. The number of nitrogens with zero attached hydrogens (tertiary/aromatic N) is 5. The molecule has 7 heteroatoms. The van der Waals surface area contributed by atoms with Crippen LogP contribution in [0, 0.1) is 0 Å². The Morgan fingerprint density at radius 3 is 3.00 bits per heavy atom. The van der Waals surface area contributed by atoms with E-state index in [-0.39, 0.29) is 23.1 Å². The maximum absolute atomic E-state index is 12.4. The zero-order valence-electron chi connectivity index (χ0n) is 11.1. The van der Waals surface area contributed by atoms with Gasteiger partial charge in [0.15, 0.2) is 0 Å². The molecule has 3 heterocycles. The number of rotatable bonds is 2. The van der Waals surface area contributed by atoms with E-state index >= 15 is 0 Å². The third kappa shape index (κ3) is 2.11. The lowest BCUT2D eigenvalue weighted by Gasteiger charge is -2.16. The molecule has 2 aromatic rings. The van der Waals surface area contributed by atoms with Gasteiger partial charge in [0, 0.05) is 32.5 Å². The average molecular weight is 273 g/mol. The molecule has 0 bridgehead atoms. The van der Waals surface area contributed by atoms with Crippen LogP contribution in [0.15, 0.2) is 35.5 Å². The molecule has 0 saturated carbocycles. The van der Waals surface area contributed by atoms with Crippen molar-refractivity contribution in [2.45, 2.75) is 12.5 Å². The monoisotopic (exact) mass is 273 g/mol. The second-order valence-corrected chi connectivity index (χ2v) is 4.91. The first-order chi connectivity index (χ1) is 9.66. The van der Waals surface area contributed by atoms with Crippen molar-refractivity contribution in [2.75, 3.05) is 13.1 Å². The van der Waals surface area contributed by atoms with Gasteiger partial charge in [0.2, 0.25) is 0 Å². The third-order valence-electron chi connectivity index (χ3n) is 3.62. The van der Waals surface area contributed by atoms with Gasteiger partial charge in [0.05, 0.1) is 12.2 Å². The van der Waals surface area contributed by atoms with Gasteiger partial charge in [0.25, 0.3) is 11.5 Å². The number of carbonyl (C=O) groups excluding carboxylic acids is 1. The first-order valence-corrected chi connectivity index (χ1v) is 6.47. The van der Waals surface area contributed by atoms with Crippen LogP contribution in [0.5, 0.6) is 0 Å². The number of amides is 1. The second kappa shape index (κ2) is 4.92. The number of aryl methyl sites for hydroxylation is 1. The number of likely N-dealkylation sites (tertiary alicyclic amines) is 1. The summed E-state index contributed by atoms with van der Waals surface area (Å²) in [5.41, 5.74) is -0.0454. The summed E-state index contributed by atoms with van der Waals surface area (Å²) in [5.74, 6) is -0.214. The minimum atomic E-state index is -0.262. The summed E-state index contributed by atoms with van der Waals surface area (Å²) < 4.78 is 3.18. The Balaban J connectivity index is 1.79. The maximum atomic E-state index is 12.4. The smallest absolute Gasteiger partial charge is 0.263 e. The Labute approximate surface area is 115 Å². The molecule has 1 saturated heterocycles. The molecule has 1 aliphatic heterocycles. The van der Waals surface area contributed by atoms with Gasteiger partial charge in [-0.15, -0.1) is 5.10 Å². The normalized spacial score (nSPS) is 18.4. The zero-order chi connectivity index (χ0) is 14.1. The fourth-order valence-corrected chi connectivity index (χ4v) is 2.48. The van der Waals surface area contributed by atoms with Crippen molar-refractivity contribution in [1.82, 2.24) is 24.5 Å². The molecule has 0 aromatic carbocycles. The highest BCUT2D eigenvalue weighted by atomic mass is 16.2. The molecule has 1 unspecified atom stereocenters. The summed E-state index contributed by atoms with van der Waals surface area (Å²) in [6, 6.07) is 3.42. The van der Waals surface area contributed by atoms with Crippen molar-refractivity contribution < 1.29 is 4.79 Å². The van der Waals surface area contributed by atoms with E-state index in [1.54, 1.807) is 47.4 Å². The number of hydrogen-bond acceptors (Lipinski definition) is 4. The molecule has 1 aliphatic rings. The second-order valence-electron chi connectivity index (χ2n) is 4.91. The Morgan fingerprint density at radius 1 is 1.40 bits per heavy atom. The number of aromatic nitrogens is 4. The van der Waals surface area contributed by atoms with E-state index in [9.17, 15) is 9.59 Å². The van der Waals surface area contributed by atoms with Gasteiger partial charge in [0.1, 0.15) is 5.56 Å². The van der Waals surface area contributed by atoms with Crippen LogP contribution in [0.1, 0.15) is 22.8 Å². The van der Waals surface area contributed by atoms with Crippen LogP contribution in [-0.2, 0) is 7.05 Å². The van der Waals surface area contributed by atoms with Gasteiger partial charge in [-0.3, -0.25) is 9.59 Å². The van der Waals surface area contributed by atoms with E-state index in [1.807, 2.05) is 0 Å². The highest BCUT2D eigenvalue weighted by molar-refractivity contribution is 5.94. The molecule has 0 aliphatic carbocycles. The van der Waals surface area contributed by atoms with Gasteiger partial charge < -0.3 is 9.47 Å². The largest absolute Gasteiger partial charge is 0.336 e. The molecule has 0 spiro atoms. The van der Waals surface area contributed by atoms with Crippen LogP contribution in [0.3, 0.4) is 0 Å². The molecular weight excluding hydrogens is 258 g/mol. The summed E-state index contributed by atoms with van der Waals surface area (Å²) in [6.07, 6.45) is 5.88. The molecule has 1 fully saturated rings. The highest BCUT2D eigenvalue weighted by Gasteiger charge is 2.29. The van der Waals surface area contributed by atoms with Crippen molar-refractivity contribution in [3.05, 3.63) is 46.6 Å². The first-order valence-electron chi connectivity index (χ1n) is 6.47. The molecule has 3 rings (SSSR count). The molecular formula is C13H15N5O2. The fourth-order valence-electron chi connectivity index (χ4n) is 2.48. The molecule has 0 radical (unpaired) electrons. The van der Waals surface area contributed by atoms with Crippen LogP contribution >= 0.6 is 0 Å². The van der Waals surface area contributed by atoms with Crippen molar-refractivity contribution in [2.24, 2.45) is 7.05 Å². The summed E-state index contributed by atoms with van der Waals surface area (Å²) in [4.78, 5) is 26.1. The topological polar surface area (TPSA) is 73.0 Å². The van der Waals surface area contributed by atoms with Crippen LogP contribution in [0.2, 0.25) is 0 Å². The minimum absolute atomic E-state index is 0.133. The van der Waals surface area contributed by atoms with E-state index in [0.29, 0.717) is 13.1 Å². The van der Waals surface area contributed by atoms with Gasteiger partial charge >= 0.3 is 0 Å². The molecule has 0 N–H and O–H groups in total. The number of hydrogen-bond donors (Lipinski definition) is 0. The van der Waals surface area contributed by atoms with E-state index < -0.39 is 0 Å². The predicted octanol–water partition coefficient (Wildman–Crippen LogP) is 0.0640. The van der Waals surface area contributed by atoms with E-state index in [2.05, 4.69) is 10.3 Å². The standard InChI is InChI=1S/C13H15N5O2/c1-16-6-2-3-11(12(16)19)13(20)17-7-4-10(9-17)18-8-5-14-15-18/h2-3,5-6,8,10H,4,7,9H2,1H3. The van der Waals surface area contributed by atoms with Crippen molar-refractivity contribution in [1.29, 1.82) is 0 Å². The lowest BCUT2D eigenvalue weighted by Crippen LogP contribution is -2.34. The average Bonchev–Trinajstić information content (AvgIpc) is 3.11. The van der Waals surface area contributed by atoms with Crippen LogP contribution in [0.25, 0.3) is 0 Å². The molecule has 2 aromatic heterocycles. The molecule has 104 valence electrons. The van der Waals surface area contributed by atoms with Crippen molar-refractivity contribution >= 4 is 5.91 Å². The fraction of sp³-hybridized carbons (Fsp3) is 0.385. The maximum Gasteiger partial charge on any atom is 0.263 e. The molecule has 1 amide bonds. The first kappa shape index (κ1) is 12.6. The van der Waals surface area contributed by atoms with Crippen LogP contribution < -0.4 is 5.56 Å². The minimum Gasteiger partial charge on any atom is -0.336 e. The SMILES string of the molecule is Cn1cccc(C(=O)N2CCC(n3ccnn3)C2)c1=O. The van der Waals surface area contributed by atoms with Crippen molar-refractivity contribution in [3.8, 4) is 0 Å². The molecule has 20 heavy (non-hydrogen) atoms. The molecule has 1 atom stereocenters. The highest BCUT2D eigenvalue weighted by Crippen LogP contribution is 2.21. The van der Waals surface area contributed by atoms with E-state index in [0.717, 1.165) is 6.42 Å². The summed E-state index contributed by atoms with van der Waals surface area (Å²) in [6.45, 7) is 1.18. The third-order valence-corrected chi connectivity index (χ3v) is 3.62. The van der Waals surface area contributed by atoms with E-state index in [4.69, 9.17) is 0 Å². The Kier molecular flexibility index (Phi) is 3.09. The molecule has 7 nitrogen and oxygen atoms in total. The number of carbonyl (C=O) groups is 1. The summed E-state index contributed by atoms with van der Waals surface area (Å²) in [5, 5.41) is 7.74. The predicted molar refractivity (Wildman–Crippen MR) is 71.3 cm³/mol. The zero-order valence-corrected chi connectivity index (χ0v) is 11.1. The Bertz CT molecular complexity index is 676. The Morgan fingerprint density at radius 2 is 2.25 bits per heavy atom. The van der Waals surface area contributed by atoms with Crippen molar-refractivity contribution in [3.63, 3.8) is 0 Å². The van der Waals surface area contributed by atoms with E-state index in [1.165, 1.54) is 4.57 Å². The summed E-state index contributed by atoms with van der Waals surface area (Å²) in [7, 11) is 1.64. The van der Waals surface area contributed by atoms with Crippen LogP contribution in [-0.4, -0.2) is 43.5 Å². The van der Waals surface area contributed by atoms with Crippen LogP contribution in [0.4, 0.5) is 0 Å². The van der Waals surface area contributed by atoms with Gasteiger partial charge in [-0.25, -0.2) is 4.68 Å². The lowest BCUT2D eigenvalue weighted by atomic mass is 10.2. The quantitative estimate of drug-likeness (QED) is 0.776. The van der Waals surface area contributed by atoms with Gasteiger partial charge in [-0.1, -0.05) is 5.21 Å². The Hall–Kier alpha value is -2.44. The van der Waals surface area contributed by atoms with Gasteiger partial charge in [-0.2, -0.15) is 0 Å². The lowest BCUT2D eigenvalue weighted by molar-refractivity contribution is 0.0784.